The van der Waals surface area contributed by atoms with Crippen LogP contribution < -0.4 is 0 Å². The van der Waals surface area contributed by atoms with Crippen LogP contribution in [0.2, 0.25) is 5.15 Å². The maximum absolute atomic E-state index is 5.79. The van der Waals surface area contributed by atoms with Crippen LogP contribution in [-0.2, 0) is 0 Å². The summed E-state index contributed by atoms with van der Waals surface area (Å²) in [6.45, 7) is 1.97. The Labute approximate surface area is 102 Å². The van der Waals surface area contributed by atoms with Gasteiger partial charge in [-0.15, -0.1) is 5.10 Å². The summed E-state index contributed by atoms with van der Waals surface area (Å²) in [6.07, 6.45) is 1.41. The summed E-state index contributed by atoms with van der Waals surface area (Å²) in [4.78, 5) is 4.13. The zero-order chi connectivity index (χ0) is 11.8. The summed E-state index contributed by atoms with van der Waals surface area (Å²) in [5.74, 6) is 0.514. The van der Waals surface area contributed by atoms with Gasteiger partial charge in [-0.1, -0.05) is 11.6 Å². The third-order valence-electron chi connectivity index (χ3n) is 2.53. The Bertz CT molecular complexity index is 691. The molecule has 0 spiro atoms. The van der Waals surface area contributed by atoms with Crippen LogP contribution in [-0.4, -0.2) is 25.4 Å². The van der Waals surface area contributed by atoms with Crippen LogP contribution in [0.1, 0.15) is 5.69 Å². The van der Waals surface area contributed by atoms with Crippen LogP contribution in [0, 0.1) is 6.92 Å². The number of hydrogen-bond donors (Lipinski definition) is 1. The molecule has 2 aromatic heterocycles. The van der Waals surface area contributed by atoms with E-state index >= 15 is 0 Å². The van der Waals surface area contributed by atoms with Gasteiger partial charge in [0.25, 0.3) is 0 Å². The molecule has 0 atom stereocenters. The number of fused-ring (bicyclic) bond motifs is 1. The SMILES string of the molecule is Cc1[nH]nc2ccc(-c3nncc(Cl)n3)cc12. The Morgan fingerprint density at radius 3 is 3.00 bits per heavy atom. The van der Waals surface area contributed by atoms with E-state index in [2.05, 4.69) is 25.4 Å². The first kappa shape index (κ1) is 10.2. The number of benzene rings is 1. The number of hydrogen-bond acceptors (Lipinski definition) is 4. The molecule has 0 aliphatic heterocycles. The molecule has 1 aromatic carbocycles. The highest BCUT2D eigenvalue weighted by molar-refractivity contribution is 6.29. The Morgan fingerprint density at radius 2 is 2.18 bits per heavy atom. The van der Waals surface area contributed by atoms with Gasteiger partial charge in [0.15, 0.2) is 11.0 Å². The Hall–Kier alpha value is -2.01. The number of nitrogens with one attached hydrogen (secondary N) is 1. The smallest absolute Gasteiger partial charge is 0.183 e. The molecule has 0 aliphatic rings. The number of nitrogens with zero attached hydrogens (tertiary/aromatic N) is 4. The fraction of sp³-hybridized carbons (Fsp3) is 0.0909. The van der Waals surface area contributed by atoms with Crippen molar-refractivity contribution in [1.82, 2.24) is 25.4 Å². The molecule has 84 valence electrons. The van der Waals surface area contributed by atoms with Crippen molar-refractivity contribution < 1.29 is 0 Å². The van der Waals surface area contributed by atoms with E-state index in [1.54, 1.807) is 0 Å². The molecule has 0 amide bonds. The number of rotatable bonds is 1. The van der Waals surface area contributed by atoms with Gasteiger partial charge >= 0.3 is 0 Å². The molecule has 2 heterocycles. The van der Waals surface area contributed by atoms with Crippen molar-refractivity contribution in [3.05, 3.63) is 35.2 Å². The van der Waals surface area contributed by atoms with Gasteiger partial charge in [0.05, 0.1) is 11.7 Å². The highest BCUT2D eigenvalue weighted by atomic mass is 35.5. The van der Waals surface area contributed by atoms with Crippen molar-refractivity contribution in [2.24, 2.45) is 0 Å². The lowest BCUT2D eigenvalue weighted by molar-refractivity contribution is 0.981. The summed E-state index contributed by atoms with van der Waals surface area (Å²) < 4.78 is 0. The Balaban J connectivity index is 2.20. The standard InChI is InChI=1S/C11H8ClN5/c1-6-8-4-7(2-3-9(8)16-15-6)11-14-10(12)5-13-17-11/h2-5H,1H3,(H,15,16). The number of halogens is 1. The van der Waals surface area contributed by atoms with Gasteiger partial charge in [-0.2, -0.15) is 10.2 Å². The van der Waals surface area contributed by atoms with Crippen LogP contribution in [0.25, 0.3) is 22.3 Å². The van der Waals surface area contributed by atoms with Crippen molar-refractivity contribution in [3.63, 3.8) is 0 Å². The molecular formula is C11H8ClN5. The maximum atomic E-state index is 5.79. The quantitative estimate of drug-likeness (QED) is 0.715. The Kier molecular flexibility index (Phi) is 2.26. The largest absolute Gasteiger partial charge is 0.282 e. The highest BCUT2D eigenvalue weighted by Gasteiger charge is 2.07. The minimum atomic E-state index is 0.332. The first-order valence-electron chi connectivity index (χ1n) is 5.04. The molecule has 5 nitrogen and oxygen atoms in total. The van der Waals surface area contributed by atoms with Crippen LogP contribution in [0.3, 0.4) is 0 Å². The van der Waals surface area contributed by atoms with Gasteiger partial charge in [0.2, 0.25) is 0 Å². The second-order valence-corrected chi connectivity index (χ2v) is 4.07. The fourth-order valence-electron chi connectivity index (χ4n) is 1.68. The maximum Gasteiger partial charge on any atom is 0.183 e. The number of aryl methyl sites for hydroxylation is 1. The minimum Gasteiger partial charge on any atom is -0.282 e. The highest BCUT2D eigenvalue weighted by Crippen LogP contribution is 2.22. The monoisotopic (exact) mass is 245 g/mol. The second-order valence-electron chi connectivity index (χ2n) is 3.68. The fourth-order valence-corrected chi connectivity index (χ4v) is 1.81. The van der Waals surface area contributed by atoms with Crippen LogP contribution in [0.15, 0.2) is 24.4 Å². The predicted molar refractivity (Wildman–Crippen MR) is 64.7 cm³/mol. The molecular weight excluding hydrogens is 238 g/mol. The van der Waals surface area contributed by atoms with Crippen molar-refractivity contribution >= 4 is 22.5 Å². The molecule has 1 N–H and O–H groups in total. The van der Waals surface area contributed by atoms with E-state index in [4.69, 9.17) is 11.6 Å². The first-order valence-corrected chi connectivity index (χ1v) is 5.42. The van der Waals surface area contributed by atoms with E-state index in [0.29, 0.717) is 11.0 Å². The predicted octanol–water partition coefficient (Wildman–Crippen LogP) is 2.38. The lowest BCUT2D eigenvalue weighted by atomic mass is 10.1. The van der Waals surface area contributed by atoms with Crippen molar-refractivity contribution in [1.29, 1.82) is 0 Å². The number of aromatic nitrogens is 5. The Morgan fingerprint density at radius 1 is 1.29 bits per heavy atom. The molecule has 0 radical (unpaired) electrons. The third kappa shape index (κ3) is 1.74. The van der Waals surface area contributed by atoms with Crippen LogP contribution in [0.4, 0.5) is 0 Å². The zero-order valence-corrected chi connectivity index (χ0v) is 9.73. The van der Waals surface area contributed by atoms with Crippen molar-refractivity contribution in [3.8, 4) is 11.4 Å². The molecule has 3 rings (SSSR count). The van der Waals surface area contributed by atoms with Crippen molar-refractivity contribution in [2.75, 3.05) is 0 Å². The summed E-state index contributed by atoms with van der Waals surface area (Å²) in [5.41, 5.74) is 2.80. The van der Waals surface area contributed by atoms with Crippen LogP contribution >= 0.6 is 11.6 Å². The summed E-state index contributed by atoms with van der Waals surface area (Å²) in [7, 11) is 0. The molecule has 0 aliphatic carbocycles. The molecule has 17 heavy (non-hydrogen) atoms. The number of H-pyrrole nitrogens is 1. The van der Waals surface area contributed by atoms with Crippen LogP contribution in [0.5, 0.6) is 0 Å². The normalized spacial score (nSPS) is 10.9. The van der Waals surface area contributed by atoms with E-state index in [9.17, 15) is 0 Å². The average molecular weight is 246 g/mol. The van der Waals surface area contributed by atoms with Gasteiger partial charge < -0.3 is 0 Å². The van der Waals surface area contributed by atoms with Gasteiger partial charge in [-0.25, -0.2) is 4.98 Å². The van der Waals surface area contributed by atoms with Gasteiger partial charge in [-0.05, 0) is 25.1 Å². The lowest BCUT2D eigenvalue weighted by Gasteiger charge is -1.99. The molecule has 0 saturated carbocycles. The van der Waals surface area contributed by atoms with E-state index in [1.165, 1.54) is 6.20 Å². The van der Waals surface area contributed by atoms with E-state index in [1.807, 2.05) is 25.1 Å². The number of aromatic amines is 1. The minimum absolute atomic E-state index is 0.332. The summed E-state index contributed by atoms with van der Waals surface area (Å²) in [6, 6.07) is 5.79. The van der Waals surface area contributed by atoms with Crippen molar-refractivity contribution in [2.45, 2.75) is 6.92 Å². The topological polar surface area (TPSA) is 67.3 Å². The molecule has 0 bridgehead atoms. The van der Waals surface area contributed by atoms with E-state index in [0.717, 1.165) is 22.2 Å². The molecule has 3 aromatic rings. The zero-order valence-electron chi connectivity index (χ0n) is 8.98. The lowest BCUT2D eigenvalue weighted by Crippen LogP contribution is -1.91. The van der Waals surface area contributed by atoms with Gasteiger partial charge in [-0.3, -0.25) is 5.10 Å². The van der Waals surface area contributed by atoms with Gasteiger partial charge in [0.1, 0.15) is 0 Å². The second kappa shape index (κ2) is 3.78. The van der Waals surface area contributed by atoms with E-state index in [-0.39, 0.29) is 0 Å². The average Bonchev–Trinajstić information content (AvgIpc) is 2.71. The van der Waals surface area contributed by atoms with E-state index < -0.39 is 0 Å². The molecule has 0 fully saturated rings. The first-order chi connectivity index (χ1) is 8.24. The summed E-state index contributed by atoms with van der Waals surface area (Å²) in [5, 5.41) is 16.2. The van der Waals surface area contributed by atoms with Gasteiger partial charge in [0, 0.05) is 16.6 Å². The third-order valence-corrected chi connectivity index (χ3v) is 2.71. The summed E-state index contributed by atoms with van der Waals surface area (Å²) >= 11 is 5.79. The molecule has 0 saturated heterocycles. The molecule has 6 heteroatoms. The molecule has 0 unspecified atom stereocenters.